The summed E-state index contributed by atoms with van der Waals surface area (Å²) in [4.78, 5) is 52.1. The minimum atomic E-state index is -1.24. The molecule has 0 bridgehead atoms. The monoisotopic (exact) mass is 646 g/mol. The topological polar surface area (TPSA) is 183 Å². The molecule has 1 aliphatic rings. The number of amides is 4. The fourth-order valence-electron chi connectivity index (χ4n) is 5.13. The van der Waals surface area contributed by atoms with E-state index in [9.17, 15) is 33.6 Å². The van der Waals surface area contributed by atoms with Gasteiger partial charge in [-0.25, -0.2) is 4.79 Å². The Morgan fingerprint density at radius 2 is 1.52 bits per heavy atom. The molecule has 44 heavy (non-hydrogen) atoms. The number of carbonyl (C=O) groups is 4. The van der Waals surface area contributed by atoms with Crippen LogP contribution in [0.5, 0.6) is 0 Å². The van der Waals surface area contributed by atoms with Gasteiger partial charge in [0.1, 0.15) is 17.7 Å². The van der Waals surface area contributed by atoms with Crippen LogP contribution in [0.4, 0.5) is 4.79 Å². The summed E-state index contributed by atoms with van der Waals surface area (Å²) in [6, 6.07) is -3.10. The van der Waals surface area contributed by atoms with Gasteiger partial charge in [0.15, 0.2) is 0 Å². The third kappa shape index (κ3) is 15.2. The lowest BCUT2D eigenvalue weighted by atomic mass is 9.90. The molecule has 1 fully saturated rings. The average Bonchev–Trinajstić information content (AvgIpc) is 2.88. The smallest absolute Gasteiger partial charge is 0.408 e. The standard InChI is InChI=1S/C31H58N4O8S/c1-18(2)16-23(25(37)17-20(5)27(38)32-21-12-10-11-13-24(21)36)34-28(39)22(14-15-44(9)42)33-29(40)26(19(3)4)35-30(41)43-31(6,7)8/h18-26,36-37H,10-17H2,1-9H3,(H,32,38)(H,33,40)(H,34,39)(H,35,41)/t20-,21+,22+,23+,24-,25+,26+,44?/m1/s1. The molecule has 0 aliphatic heterocycles. The summed E-state index contributed by atoms with van der Waals surface area (Å²) >= 11 is 0. The van der Waals surface area contributed by atoms with Gasteiger partial charge in [-0.2, -0.15) is 0 Å². The van der Waals surface area contributed by atoms with Crippen molar-refractivity contribution >= 4 is 34.6 Å². The van der Waals surface area contributed by atoms with Crippen molar-refractivity contribution in [2.75, 3.05) is 12.0 Å². The molecule has 0 aromatic heterocycles. The van der Waals surface area contributed by atoms with E-state index in [4.69, 9.17) is 4.74 Å². The van der Waals surface area contributed by atoms with E-state index in [0.29, 0.717) is 19.3 Å². The van der Waals surface area contributed by atoms with Gasteiger partial charge in [-0.15, -0.1) is 0 Å². The fraction of sp³-hybridized carbons (Fsp3) is 0.871. The Morgan fingerprint density at radius 1 is 0.909 bits per heavy atom. The number of rotatable bonds is 16. The summed E-state index contributed by atoms with van der Waals surface area (Å²) < 4.78 is 17.2. The van der Waals surface area contributed by atoms with E-state index in [0.717, 1.165) is 12.8 Å². The third-order valence-corrected chi connectivity index (χ3v) is 8.38. The molecular weight excluding hydrogens is 588 g/mol. The Hall–Kier alpha value is -2.25. The first-order valence-corrected chi connectivity index (χ1v) is 17.6. The Kier molecular flexibility index (Phi) is 16.9. The van der Waals surface area contributed by atoms with Gasteiger partial charge in [0.05, 0.1) is 24.3 Å². The summed E-state index contributed by atoms with van der Waals surface area (Å²) in [7, 11) is -1.24. The van der Waals surface area contributed by atoms with Crippen molar-refractivity contribution in [2.45, 2.75) is 142 Å². The number of nitrogens with one attached hydrogen (secondary N) is 4. The highest BCUT2D eigenvalue weighted by Gasteiger charge is 2.34. The van der Waals surface area contributed by atoms with Crippen molar-refractivity contribution in [2.24, 2.45) is 17.8 Å². The van der Waals surface area contributed by atoms with Crippen molar-refractivity contribution in [3.05, 3.63) is 0 Å². The van der Waals surface area contributed by atoms with E-state index in [-0.39, 0.29) is 42.4 Å². The average molecular weight is 647 g/mol. The highest BCUT2D eigenvalue weighted by atomic mass is 32.2. The predicted molar refractivity (Wildman–Crippen MR) is 171 cm³/mol. The van der Waals surface area contributed by atoms with E-state index in [1.165, 1.54) is 6.26 Å². The minimum absolute atomic E-state index is 0.0744. The molecule has 0 aromatic rings. The van der Waals surface area contributed by atoms with Crippen molar-refractivity contribution in [1.29, 1.82) is 0 Å². The maximum absolute atomic E-state index is 13.6. The van der Waals surface area contributed by atoms with Crippen molar-refractivity contribution < 1.29 is 38.3 Å². The molecule has 13 heteroatoms. The molecule has 0 spiro atoms. The molecule has 8 atom stereocenters. The second-order valence-corrected chi connectivity index (χ2v) is 15.5. The lowest BCUT2D eigenvalue weighted by molar-refractivity contribution is -0.131. The second-order valence-electron chi connectivity index (χ2n) is 13.9. The zero-order valence-electron chi connectivity index (χ0n) is 28.1. The van der Waals surface area contributed by atoms with Gasteiger partial charge in [0.2, 0.25) is 17.7 Å². The van der Waals surface area contributed by atoms with Gasteiger partial charge in [-0.3, -0.25) is 18.6 Å². The van der Waals surface area contributed by atoms with E-state index in [2.05, 4.69) is 21.3 Å². The molecule has 1 saturated carbocycles. The number of hydrogen-bond donors (Lipinski definition) is 6. The highest BCUT2D eigenvalue weighted by molar-refractivity contribution is 7.84. The summed E-state index contributed by atoms with van der Waals surface area (Å²) in [6.45, 7) is 14.2. The van der Waals surface area contributed by atoms with Gasteiger partial charge < -0.3 is 36.2 Å². The van der Waals surface area contributed by atoms with Crippen molar-refractivity contribution in [1.82, 2.24) is 21.3 Å². The van der Waals surface area contributed by atoms with Crippen LogP contribution in [0.1, 0.15) is 100 Å². The van der Waals surface area contributed by atoms with Gasteiger partial charge >= 0.3 is 6.09 Å². The van der Waals surface area contributed by atoms with Crippen LogP contribution < -0.4 is 21.3 Å². The quantitative estimate of drug-likeness (QED) is 0.147. The zero-order chi connectivity index (χ0) is 33.8. The summed E-state index contributed by atoms with van der Waals surface area (Å²) in [5.74, 6) is -2.08. The molecule has 0 aromatic carbocycles. The fourth-order valence-corrected chi connectivity index (χ4v) is 5.69. The Balaban J connectivity index is 3.02. The molecule has 0 heterocycles. The van der Waals surface area contributed by atoms with E-state index in [1.807, 2.05) is 13.8 Å². The summed E-state index contributed by atoms with van der Waals surface area (Å²) in [5.41, 5.74) is -0.767. The van der Waals surface area contributed by atoms with Crippen molar-refractivity contribution in [3.63, 3.8) is 0 Å². The molecular formula is C31H58N4O8S. The van der Waals surface area contributed by atoms with Crippen molar-refractivity contribution in [3.8, 4) is 0 Å². The summed E-state index contributed by atoms with van der Waals surface area (Å²) in [6.07, 6.45) is 2.86. The molecule has 1 unspecified atom stereocenters. The van der Waals surface area contributed by atoms with Crippen LogP contribution in [-0.2, 0) is 29.9 Å². The van der Waals surface area contributed by atoms with Crippen LogP contribution in [0.25, 0.3) is 0 Å². The van der Waals surface area contributed by atoms with E-state index in [1.54, 1.807) is 41.5 Å². The van der Waals surface area contributed by atoms with E-state index >= 15 is 0 Å². The lowest BCUT2D eigenvalue weighted by Gasteiger charge is -2.32. The molecule has 6 N–H and O–H groups in total. The Morgan fingerprint density at radius 3 is 2.05 bits per heavy atom. The van der Waals surface area contributed by atoms with Crippen LogP contribution in [0, 0.1) is 17.8 Å². The molecule has 1 aliphatic carbocycles. The predicted octanol–water partition coefficient (Wildman–Crippen LogP) is 2.13. The number of hydrogen-bond acceptors (Lipinski definition) is 8. The molecule has 0 saturated heterocycles. The molecule has 4 amide bonds. The van der Waals surface area contributed by atoms with Gasteiger partial charge in [0.25, 0.3) is 0 Å². The number of aliphatic hydroxyl groups excluding tert-OH is 2. The molecule has 1 rings (SSSR count). The molecule has 256 valence electrons. The lowest BCUT2D eigenvalue weighted by Crippen LogP contribution is -2.58. The maximum Gasteiger partial charge on any atom is 0.408 e. The van der Waals surface area contributed by atoms with Crippen LogP contribution in [0.15, 0.2) is 0 Å². The number of carbonyl (C=O) groups excluding carboxylic acids is 4. The third-order valence-electron chi connectivity index (χ3n) is 7.57. The van der Waals surface area contributed by atoms with Crippen LogP contribution in [0.2, 0.25) is 0 Å². The normalized spacial score (nSPS) is 21.4. The maximum atomic E-state index is 13.6. The number of aliphatic hydroxyl groups is 2. The molecule has 0 radical (unpaired) electrons. The second kappa shape index (κ2) is 18.7. The Labute approximate surface area is 266 Å². The first kappa shape index (κ1) is 39.8. The van der Waals surface area contributed by atoms with Crippen LogP contribution in [-0.4, -0.2) is 92.2 Å². The number of ether oxygens (including phenoxy) is 1. The highest BCUT2D eigenvalue weighted by Crippen LogP contribution is 2.20. The first-order valence-electron chi connectivity index (χ1n) is 15.9. The van der Waals surface area contributed by atoms with Gasteiger partial charge in [-0.05, 0) is 64.7 Å². The van der Waals surface area contributed by atoms with Gasteiger partial charge in [-0.1, -0.05) is 47.5 Å². The first-order chi connectivity index (χ1) is 20.3. The van der Waals surface area contributed by atoms with E-state index < -0.39 is 70.6 Å². The van der Waals surface area contributed by atoms with Crippen LogP contribution >= 0.6 is 0 Å². The summed E-state index contributed by atoms with van der Waals surface area (Å²) in [5, 5.41) is 32.4. The molecule has 12 nitrogen and oxygen atoms in total. The minimum Gasteiger partial charge on any atom is -0.444 e. The van der Waals surface area contributed by atoms with Crippen LogP contribution in [0.3, 0.4) is 0 Å². The Bertz CT molecular complexity index is 971. The number of alkyl carbamates (subject to hydrolysis) is 1. The SMILES string of the molecule is CC(C)C[C@H](NC(=O)[C@H](CCS(C)=O)NC(=O)[C@@H](NC(=O)OC(C)(C)C)C(C)C)[C@@H](O)C[C@@H](C)C(=O)N[C@H]1CCCC[C@H]1O. The largest absolute Gasteiger partial charge is 0.444 e. The van der Waals surface area contributed by atoms with Gasteiger partial charge in [0, 0.05) is 28.7 Å². The zero-order valence-corrected chi connectivity index (χ0v) is 28.9.